The number of nitrogens with two attached hydrogens (primary N) is 1. The molecular formula is C11H21N3O4. The van der Waals surface area contributed by atoms with E-state index in [4.69, 9.17) is 10.5 Å². The van der Waals surface area contributed by atoms with E-state index < -0.39 is 23.8 Å². The number of hydrogen-bond acceptors (Lipinski definition) is 4. The molecule has 0 saturated carbocycles. The number of hydrogen-bond donors (Lipinski definition) is 3. The largest absolute Gasteiger partial charge is 0.465 e. The van der Waals surface area contributed by atoms with E-state index in [0.717, 1.165) is 0 Å². The molecule has 2 atom stereocenters. The molecule has 7 nitrogen and oxygen atoms in total. The summed E-state index contributed by atoms with van der Waals surface area (Å²) in [6, 6.07) is -0.378. The highest BCUT2D eigenvalue weighted by Crippen LogP contribution is 2.24. The van der Waals surface area contributed by atoms with E-state index in [1.165, 1.54) is 4.90 Å². The Morgan fingerprint density at radius 3 is 2.50 bits per heavy atom. The molecule has 1 heterocycles. The Labute approximate surface area is 106 Å². The fourth-order valence-corrected chi connectivity index (χ4v) is 2.31. The lowest BCUT2D eigenvalue weighted by Crippen LogP contribution is -2.61. The van der Waals surface area contributed by atoms with Crippen LogP contribution >= 0.6 is 0 Å². The van der Waals surface area contributed by atoms with E-state index in [2.05, 4.69) is 5.32 Å². The van der Waals surface area contributed by atoms with Gasteiger partial charge in [-0.2, -0.15) is 0 Å². The average Bonchev–Trinajstić information content (AvgIpc) is 2.17. The third-order valence-corrected chi connectivity index (χ3v) is 2.92. The molecule has 0 aromatic heterocycles. The first kappa shape index (κ1) is 14.6. The normalized spacial score (nSPS) is 24.4. The maximum absolute atomic E-state index is 11.4. The lowest BCUT2D eigenvalue weighted by Gasteiger charge is -2.44. The third kappa shape index (κ3) is 3.49. The minimum atomic E-state index is -1.02. The average molecular weight is 259 g/mol. The number of nitrogens with one attached hydrogen (secondary N) is 1. The summed E-state index contributed by atoms with van der Waals surface area (Å²) in [6.07, 6.45) is -1.87. The molecule has 0 aromatic rings. The molecule has 0 aliphatic carbocycles. The first-order valence-corrected chi connectivity index (χ1v) is 5.92. The highest BCUT2D eigenvalue weighted by Gasteiger charge is 2.40. The van der Waals surface area contributed by atoms with Crippen LogP contribution in [0.4, 0.5) is 9.59 Å². The van der Waals surface area contributed by atoms with Gasteiger partial charge in [-0.3, -0.25) is 4.90 Å². The molecule has 104 valence electrons. The number of primary amides is 1. The van der Waals surface area contributed by atoms with E-state index >= 15 is 0 Å². The molecule has 18 heavy (non-hydrogen) atoms. The quantitative estimate of drug-likeness (QED) is 0.673. The summed E-state index contributed by atoms with van der Waals surface area (Å²) in [6.45, 7) is 6.52. The van der Waals surface area contributed by atoms with Crippen molar-refractivity contribution in [1.29, 1.82) is 0 Å². The van der Waals surface area contributed by atoms with Gasteiger partial charge in [0.25, 0.3) is 0 Å². The maximum Gasteiger partial charge on any atom is 0.408 e. The second-order valence-corrected chi connectivity index (χ2v) is 5.36. The Morgan fingerprint density at radius 2 is 2.06 bits per heavy atom. The molecule has 0 spiro atoms. The minimum Gasteiger partial charge on any atom is -0.465 e. The van der Waals surface area contributed by atoms with E-state index in [0.29, 0.717) is 19.5 Å². The molecular weight excluding hydrogens is 238 g/mol. The lowest BCUT2D eigenvalue weighted by atomic mass is 9.95. The molecule has 0 bridgehead atoms. The first-order chi connectivity index (χ1) is 8.23. The molecule has 0 aromatic carbocycles. The molecule has 1 aliphatic heterocycles. The van der Waals surface area contributed by atoms with Crippen molar-refractivity contribution in [2.45, 2.75) is 44.9 Å². The summed E-state index contributed by atoms with van der Waals surface area (Å²) < 4.78 is 5.00. The second-order valence-electron chi connectivity index (χ2n) is 5.36. The topological polar surface area (TPSA) is 105 Å². The van der Waals surface area contributed by atoms with E-state index in [1.807, 2.05) is 20.8 Å². The van der Waals surface area contributed by atoms with Crippen LogP contribution in [0.25, 0.3) is 0 Å². The molecule has 1 fully saturated rings. The summed E-state index contributed by atoms with van der Waals surface area (Å²) in [5.41, 5.74) is 4.45. The smallest absolute Gasteiger partial charge is 0.408 e. The van der Waals surface area contributed by atoms with Gasteiger partial charge in [0.2, 0.25) is 0 Å². The van der Waals surface area contributed by atoms with Gasteiger partial charge in [0.05, 0.1) is 6.04 Å². The Kier molecular flexibility index (Phi) is 4.39. The molecule has 4 N–H and O–H groups in total. The van der Waals surface area contributed by atoms with Crippen LogP contribution in [0.1, 0.15) is 27.2 Å². The van der Waals surface area contributed by atoms with Crippen LogP contribution in [0.3, 0.4) is 0 Å². The van der Waals surface area contributed by atoms with Crippen molar-refractivity contribution in [3.8, 4) is 0 Å². The van der Waals surface area contributed by atoms with E-state index in [1.54, 1.807) is 0 Å². The number of ether oxygens (including phenoxy) is 1. The molecule has 1 aliphatic rings. The van der Waals surface area contributed by atoms with Gasteiger partial charge in [-0.25, -0.2) is 9.59 Å². The van der Waals surface area contributed by atoms with E-state index in [-0.39, 0.29) is 6.04 Å². The number of amides is 2. The van der Waals surface area contributed by atoms with Crippen molar-refractivity contribution in [2.75, 3.05) is 13.1 Å². The number of carbonyl (C=O) groups excluding carboxylic acids is 1. The highest BCUT2D eigenvalue weighted by molar-refractivity contribution is 5.67. The number of piperidine rings is 1. The predicted octanol–water partition coefficient (Wildman–Crippen LogP) is 0.591. The van der Waals surface area contributed by atoms with Gasteiger partial charge >= 0.3 is 12.2 Å². The minimum absolute atomic E-state index is 0.378. The van der Waals surface area contributed by atoms with Gasteiger partial charge in [0.1, 0.15) is 6.10 Å². The highest BCUT2D eigenvalue weighted by atomic mass is 16.6. The fraction of sp³-hybridized carbons (Fsp3) is 0.818. The zero-order valence-corrected chi connectivity index (χ0v) is 11.0. The van der Waals surface area contributed by atoms with Gasteiger partial charge in [-0.05, 0) is 33.7 Å². The Balaban J connectivity index is 2.92. The van der Waals surface area contributed by atoms with Gasteiger partial charge in [-0.15, -0.1) is 0 Å². The van der Waals surface area contributed by atoms with E-state index in [9.17, 15) is 14.7 Å². The summed E-state index contributed by atoms with van der Waals surface area (Å²) in [4.78, 5) is 23.6. The van der Waals surface area contributed by atoms with Crippen LogP contribution in [0.15, 0.2) is 0 Å². The van der Waals surface area contributed by atoms with Crippen molar-refractivity contribution >= 4 is 12.2 Å². The second kappa shape index (κ2) is 5.43. The molecule has 1 rings (SSSR count). The molecule has 0 unspecified atom stereocenters. The van der Waals surface area contributed by atoms with Crippen molar-refractivity contribution in [1.82, 2.24) is 10.2 Å². The van der Waals surface area contributed by atoms with Crippen LogP contribution in [0, 0.1) is 0 Å². The van der Waals surface area contributed by atoms with Crippen LogP contribution in [-0.2, 0) is 4.74 Å². The monoisotopic (exact) mass is 259 g/mol. The lowest BCUT2D eigenvalue weighted by molar-refractivity contribution is -0.0130. The number of nitrogens with zero attached hydrogens (tertiary/aromatic N) is 1. The zero-order chi connectivity index (χ0) is 13.9. The number of rotatable bonds is 2. The SMILES string of the molecule is CC(C)(C)N(C(=O)O)[C@H]1CCNC[C@@H]1OC(N)=O. The predicted molar refractivity (Wildman–Crippen MR) is 65.3 cm³/mol. The van der Waals surface area contributed by atoms with Gasteiger partial charge < -0.3 is 20.9 Å². The summed E-state index contributed by atoms with van der Waals surface area (Å²) in [5.74, 6) is 0. The van der Waals surface area contributed by atoms with Gasteiger partial charge in [0, 0.05) is 12.1 Å². The van der Waals surface area contributed by atoms with Crippen LogP contribution in [0.5, 0.6) is 0 Å². The molecule has 1 saturated heterocycles. The van der Waals surface area contributed by atoms with Crippen molar-refractivity contribution in [3.05, 3.63) is 0 Å². The Bertz CT molecular complexity index is 327. The van der Waals surface area contributed by atoms with Gasteiger partial charge in [-0.1, -0.05) is 0 Å². The van der Waals surface area contributed by atoms with Crippen molar-refractivity contribution < 1.29 is 19.4 Å². The number of carboxylic acid groups (broad SMARTS) is 1. The number of carbonyl (C=O) groups is 2. The van der Waals surface area contributed by atoms with Crippen LogP contribution in [-0.4, -0.2) is 53.0 Å². The van der Waals surface area contributed by atoms with Crippen molar-refractivity contribution in [3.63, 3.8) is 0 Å². The maximum atomic E-state index is 11.4. The zero-order valence-electron chi connectivity index (χ0n) is 11.0. The van der Waals surface area contributed by atoms with Crippen LogP contribution < -0.4 is 11.1 Å². The van der Waals surface area contributed by atoms with Crippen LogP contribution in [0.2, 0.25) is 0 Å². The Morgan fingerprint density at radius 1 is 1.44 bits per heavy atom. The summed E-state index contributed by atoms with van der Waals surface area (Å²) in [7, 11) is 0. The first-order valence-electron chi connectivity index (χ1n) is 5.92. The molecule has 2 amide bonds. The summed E-state index contributed by atoms with van der Waals surface area (Å²) >= 11 is 0. The van der Waals surface area contributed by atoms with Gasteiger partial charge in [0.15, 0.2) is 0 Å². The molecule has 7 heteroatoms. The molecule has 0 radical (unpaired) electrons. The Hall–Kier alpha value is -1.50. The van der Waals surface area contributed by atoms with Crippen molar-refractivity contribution in [2.24, 2.45) is 5.73 Å². The third-order valence-electron chi connectivity index (χ3n) is 2.92. The standard InChI is InChI=1S/C11H21N3O4/c1-11(2,3)14(10(16)17)7-4-5-13-6-8(7)18-9(12)15/h7-8,13H,4-6H2,1-3H3,(H2,12,15)(H,16,17)/t7-,8-/m0/s1. The summed E-state index contributed by atoms with van der Waals surface area (Å²) in [5, 5.41) is 12.4. The fourth-order valence-electron chi connectivity index (χ4n) is 2.31.